The van der Waals surface area contributed by atoms with Crippen molar-refractivity contribution in [2.75, 3.05) is 18.6 Å². The fourth-order valence-corrected chi connectivity index (χ4v) is 6.55. The van der Waals surface area contributed by atoms with Crippen LogP contribution >= 0.6 is 0 Å². The van der Waals surface area contributed by atoms with Crippen molar-refractivity contribution in [3.63, 3.8) is 0 Å². The van der Waals surface area contributed by atoms with Gasteiger partial charge in [0.25, 0.3) is 0 Å². The number of amides is 1. The van der Waals surface area contributed by atoms with E-state index >= 15 is 0 Å². The van der Waals surface area contributed by atoms with E-state index in [2.05, 4.69) is 18.2 Å². The third kappa shape index (κ3) is 5.95. The number of carbonyl (C=O) groups is 1. The molecule has 1 N–H and O–H groups in total. The smallest absolute Gasteiger partial charge is 0.230 e. The number of aromatic nitrogens is 2. The van der Waals surface area contributed by atoms with E-state index in [1.54, 1.807) is 13.4 Å². The van der Waals surface area contributed by atoms with Crippen LogP contribution in [0.25, 0.3) is 11.3 Å². The summed E-state index contributed by atoms with van der Waals surface area (Å²) in [6, 6.07) is 12.4. The van der Waals surface area contributed by atoms with E-state index < -0.39 is 0 Å². The van der Waals surface area contributed by atoms with E-state index in [1.807, 2.05) is 30.0 Å². The Morgan fingerprint density at radius 2 is 1.73 bits per heavy atom. The van der Waals surface area contributed by atoms with E-state index in [9.17, 15) is 9.90 Å². The normalized spacial score (nSPS) is 25.0. The van der Waals surface area contributed by atoms with Gasteiger partial charge >= 0.3 is 0 Å². The summed E-state index contributed by atoms with van der Waals surface area (Å²) in [5.74, 6) is 3.15. The van der Waals surface area contributed by atoms with E-state index in [1.165, 1.54) is 0 Å². The summed E-state index contributed by atoms with van der Waals surface area (Å²) in [4.78, 5) is 25.6. The summed E-state index contributed by atoms with van der Waals surface area (Å²) in [5.41, 5.74) is 4.83. The number of ether oxygens (including phenoxy) is 1. The molecule has 3 saturated carbocycles. The average molecular weight is 544 g/mol. The first-order valence-electron chi connectivity index (χ1n) is 15.0. The Bertz CT molecular complexity index is 1320. The Kier molecular flexibility index (Phi) is 7.92. The van der Waals surface area contributed by atoms with Gasteiger partial charge in [-0.3, -0.25) is 9.78 Å². The molecule has 1 amide bonds. The first-order chi connectivity index (χ1) is 19.5. The molecule has 3 aliphatic carbocycles. The number of rotatable bonds is 8. The monoisotopic (exact) mass is 543 g/mol. The van der Waals surface area contributed by atoms with Crippen LogP contribution in [0.4, 0.5) is 5.69 Å². The number of carbonyl (C=O) groups excluding carboxylic acids is 1. The van der Waals surface area contributed by atoms with Gasteiger partial charge < -0.3 is 19.2 Å². The predicted molar refractivity (Wildman–Crippen MR) is 154 cm³/mol. The largest absolute Gasteiger partial charge is 0.495 e. The average Bonchev–Trinajstić information content (AvgIpc) is 3.72. The van der Waals surface area contributed by atoms with Gasteiger partial charge in [-0.1, -0.05) is 12.1 Å². The molecule has 7 heteroatoms. The van der Waals surface area contributed by atoms with Crippen LogP contribution in [0.15, 0.2) is 47.1 Å². The van der Waals surface area contributed by atoms with Crippen molar-refractivity contribution in [2.45, 2.75) is 89.1 Å². The SMILES string of the molecule is COc1ccc([C@H]2CC[C@@H](CN(c3cccc(-c4coc(C5CC5)n4)c3)C(=O)[C@H]3CC[C@H](O)CC3)CC2)nc1C. The Morgan fingerprint density at radius 1 is 0.975 bits per heavy atom. The van der Waals surface area contributed by atoms with Crippen LogP contribution in [0, 0.1) is 18.8 Å². The standard InChI is InChI=1S/C33H41N3O4/c1-21-31(39-2)17-16-29(34-21)23-8-6-22(7-9-23)19-36(33(38)25-12-14-28(37)15-13-25)27-5-3-4-26(18-27)30-20-40-32(35-30)24-10-11-24/h3-5,16-18,20,22-25,28,37H,6-15,19H2,1-2H3/t22-,23+,25-,28-. The Labute approximate surface area is 237 Å². The van der Waals surface area contributed by atoms with Gasteiger partial charge in [-0.25, -0.2) is 4.98 Å². The highest BCUT2D eigenvalue weighted by Crippen LogP contribution is 2.41. The first-order valence-corrected chi connectivity index (χ1v) is 15.0. The van der Waals surface area contributed by atoms with Crippen LogP contribution < -0.4 is 9.64 Å². The summed E-state index contributed by atoms with van der Waals surface area (Å²) >= 11 is 0. The maximum absolute atomic E-state index is 14.0. The molecule has 3 aliphatic rings. The van der Waals surface area contributed by atoms with Gasteiger partial charge in [-0.2, -0.15) is 0 Å². The molecule has 0 aliphatic heterocycles. The summed E-state index contributed by atoms with van der Waals surface area (Å²) in [6.45, 7) is 2.72. The number of hydrogen-bond acceptors (Lipinski definition) is 6. The van der Waals surface area contributed by atoms with Gasteiger partial charge in [-0.05, 0) is 101 Å². The number of nitrogens with zero attached hydrogens (tertiary/aromatic N) is 3. The van der Waals surface area contributed by atoms with Gasteiger partial charge in [0, 0.05) is 41.2 Å². The Hall–Kier alpha value is -3.19. The molecular weight excluding hydrogens is 502 g/mol. The molecule has 2 heterocycles. The van der Waals surface area contributed by atoms with Crippen LogP contribution in [0.2, 0.25) is 0 Å². The van der Waals surface area contributed by atoms with Gasteiger partial charge in [-0.15, -0.1) is 0 Å². The molecule has 212 valence electrons. The zero-order chi connectivity index (χ0) is 27.6. The lowest BCUT2D eigenvalue weighted by molar-refractivity contribution is -0.124. The highest BCUT2D eigenvalue weighted by molar-refractivity contribution is 5.95. The molecule has 0 spiro atoms. The van der Waals surface area contributed by atoms with E-state index in [4.69, 9.17) is 19.1 Å². The van der Waals surface area contributed by atoms with Crippen LogP contribution in [-0.4, -0.2) is 40.7 Å². The van der Waals surface area contributed by atoms with Crippen molar-refractivity contribution in [3.8, 4) is 17.0 Å². The topological polar surface area (TPSA) is 88.7 Å². The second-order valence-electron chi connectivity index (χ2n) is 12.1. The van der Waals surface area contributed by atoms with Crippen molar-refractivity contribution < 1.29 is 19.1 Å². The molecule has 0 unspecified atom stereocenters. The molecule has 0 bridgehead atoms. The van der Waals surface area contributed by atoms with Crippen molar-refractivity contribution in [1.82, 2.24) is 9.97 Å². The molecule has 3 fully saturated rings. The second kappa shape index (κ2) is 11.7. The predicted octanol–water partition coefficient (Wildman–Crippen LogP) is 6.79. The van der Waals surface area contributed by atoms with Gasteiger partial charge in [0.05, 0.1) is 18.9 Å². The second-order valence-corrected chi connectivity index (χ2v) is 12.1. The van der Waals surface area contributed by atoms with Gasteiger partial charge in [0.15, 0.2) is 5.89 Å². The number of aryl methyl sites for hydroxylation is 1. The highest BCUT2D eigenvalue weighted by atomic mass is 16.5. The number of oxazole rings is 1. The molecule has 6 rings (SSSR count). The van der Waals surface area contributed by atoms with Gasteiger partial charge in [0.1, 0.15) is 17.7 Å². The van der Waals surface area contributed by atoms with E-state index in [0.717, 1.165) is 97.9 Å². The van der Waals surface area contributed by atoms with Crippen LogP contribution in [-0.2, 0) is 4.79 Å². The van der Waals surface area contributed by atoms with Crippen LogP contribution in [0.5, 0.6) is 5.75 Å². The van der Waals surface area contributed by atoms with E-state index in [0.29, 0.717) is 30.6 Å². The number of hydrogen-bond donors (Lipinski definition) is 1. The first kappa shape index (κ1) is 27.0. The molecule has 0 radical (unpaired) electrons. The van der Waals surface area contributed by atoms with Crippen LogP contribution in [0.1, 0.15) is 93.3 Å². The molecular formula is C33H41N3O4. The number of anilines is 1. The Morgan fingerprint density at radius 3 is 2.42 bits per heavy atom. The van der Waals surface area contributed by atoms with Crippen molar-refractivity contribution in [2.24, 2.45) is 11.8 Å². The molecule has 1 aromatic carbocycles. The minimum Gasteiger partial charge on any atom is -0.495 e. The summed E-state index contributed by atoms with van der Waals surface area (Å²) in [7, 11) is 1.68. The molecule has 7 nitrogen and oxygen atoms in total. The lowest BCUT2D eigenvalue weighted by Crippen LogP contribution is -2.41. The minimum absolute atomic E-state index is 0.0385. The zero-order valence-electron chi connectivity index (χ0n) is 23.7. The maximum Gasteiger partial charge on any atom is 0.230 e. The third-order valence-electron chi connectivity index (χ3n) is 9.20. The molecule has 0 atom stereocenters. The number of pyridine rings is 1. The van der Waals surface area contributed by atoms with Crippen LogP contribution in [0.3, 0.4) is 0 Å². The van der Waals surface area contributed by atoms with Crippen molar-refractivity contribution >= 4 is 11.6 Å². The van der Waals surface area contributed by atoms with Crippen molar-refractivity contribution in [1.29, 1.82) is 0 Å². The Balaban J connectivity index is 1.19. The summed E-state index contributed by atoms with van der Waals surface area (Å²) in [5, 5.41) is 10.0. The zero-order valence-corrected chi connectivity index (χ0v) is 23.7. The molecule has 2 aromatic heterocycles. The van der Waals surface area contributed by atoms with Gasteiger partial charge in [0.2, 0.25) is 5.91 Å². The lowest BCUT2D eigenvalue weighted by Gasteiger charge is -2.35. The van der Waals surface area contributed by atoms with E-state index in [-0.39, 0.29) is 17.9 Å². The lowest BCUT2D eigenvalue weighted by atomic mass is 9.79. The molecule has 0 saturated heterocycles. The fourth-order valence-electron chi connectivity index (χ4n) is 6.55. The minimum atomic E-state index is -0.279. The number of aliphatic hydroxyl groups is 1. The summed E-state index contributed by atoms with van der Waals surface area (Å²) < 4.78 is 11.2. The number of methoxy groups -OCH3 is 1. The third-order valence-corrected chi connectivity index (χ3v) is 9.20. The number of aliphatic hydroxyl groups excluding tert-OH is 1. The maximum atomic E-state index is 14.0. The molecule has 3 aromatic rings. The van der Waals surface area contributed by atoms with Crippen molar-refractivity contribution in [3.05, 3.63) is 59.9 Å². The highest BCUT2D eigenvalue weighted by Gasteiger charge is 2.33. The summed E-state index contributed by atoms with van der Waals surface area (Å²) in [6.07, 6.45) is 10.9. The quantitative estimate of drug-likeness (QED) is 0.337. The fraction of sp³-hybridized carbons (Fsp3) is 0.545. The number of benzene rings is 1. The molecule has 40 heavy (non-hydrogen) atoms.